The monoisotopic (exact) mass is 332 g/mol. The molecule has 1 amide bonds. The van der Waals surface area contributed by atoms with Crippen molar-refractivity contribution in [2.45, 2.75) is 13.8 Å². The average molecular weight is 332 g/mol. The Morgan fingerprint density at radius 1 is 1.26 bits per heavy atom. The molecule has 23 heavy (non-hydrogen) atoms. The van der Waals surface area contributed by atoms with E-state index in [2.05, 4.69) is 37.0 Å². The van der Waals surface area contributed by atoms with Crippen LogP contribution in [0.2, 0.25) is 0 Å². The van der Waals surface area contributed by atoms with Gasteiger partial charge in [0.15, 0.2) is 10.9 Å². The first kappa shape index (κ1) is 15.8. The molecule has 7 nitrogen and oxygen atoms in total. The van der Waals surface area contributed by atoms with E-state index in [0.717, 1.165) is 37.0 Å². The number of thiazole rings is 1. The molecule has 0 saturated carbocycles. The topological polar surface area (TPSA) is 74.2 Å². The highest BCUT2D eigenvalue weighted by Crippen LogP contribution is 2.25. The van der Waals surface area contributed by atoms with Gasteiger partial charge in [-0.25, -0.2) is 9.97 Å². The molecule has 122 valence electrons. The van der Waals surface area contributed by atoms with Crippen LogP contribution < -0.4 is 10.2 Å². The molecule has 1 saturated heterocycles. The van der Waals surface area contributed by atoms with Gasteiger partial charge in [0.2, 0.25) is 5.91 Å². The number of nitrogens with one attached hydrogen (secondary N) is 1. The lowest BCUT2D eigenvalue weighted by molar-refractivity contribution is -0.117. The number of hydrogen-bond donors (Lipinski definition) is 1. The van der Waals surface area contributed by atoms with Crippen molar-refractivity contribution < 1.29 is 4.79 Å². The van der Waals surface area contributed by atoms with Gasteiger partial charge in [-0.3, -0.25) is 14.7 Å². The van der Waals surface area contributed by atoms with Crippen molar-refractivity contribution in [2.24, 2.45) is 0 Å². The molecule has 0 spiro atoms. The number of amides is 1. The summed E-state index contributed by atoms with van der Waals surface area (Å²) in [5.74, 6) is 0.435. The predicted octanol–water partition coefficient (Wildman–Crippen LogP) is 1.31. The number of piperazine rings is 1. The Hall–Kier alpha value is -2.06. The molecule has 1 aliphatic rings. The molecular formula is C15H20N6OS. The summed E-state index contributed by atoms with van der Waals surface area (Å²) in [5, 5.41) is 3.85. The molecule has 3 heterocycles. The third kappa shape index (κ3) is 4.02. The summed E-state index contributed by atoms with van der Waals surface area (Å²) >= 11 is 1.74. The molecule has 0 aliphatic carbocycles. The first-order valence-electron chi connectivity index (χ1n) is 7.59. The maximum absolute atomic E-state index is 12.0. The van der Waals surface area contributed by atoms with Crippen LogP contribution >= 0.6 is 11.3 Å². The van der Waals surface area contributed by atoms with Crippen LogP contribution in [0.5, 0.6) is 0 Å². The molecule has 0 atom stereocenters. The van der Waals surface area contributed by atoms with E-state index in [0.29, 0.717) is 12.4 Å². The van der Waals surface area contributed by atoms with Crippen LogP contribution in [0.25, 0.3) is 0 Å². The minimum absolute atomic E-state index is 0.0557. The highest BCUT2D eigenvalue weighted by molar-refractivity contribution is 7.15. The minimum Gasteiger partial charge on any atom is -0.346 e. The number of carbonyl (C=O) groups excluding carboxylic acids is 1. The second-order valence-corrected chi connectivity index (χ2v) is 6.72. The second kappa shape index (κ2) is 7.01. The lowest BCUT2D eigenvalue weighted by Gasteiger charge is -2.34. The van der Waals surface area contributed by atoms with Gasteiger partial charge in [-0.2, -0.15) is 0 Å². The highest BCUT2D eigenvalue weighted by atomic mass is 32.1. The molecular weight excluding hydrogens is 312 g/mol. The number of hydrogen-bond acceptors (Lipinski definition) is 7. The Labute approximate surface area is 139 Å². The van der Waals surface area contributed by atoms with Crippen molar-refractivity contribution in [3.8, 4) is 0 Å². The zero-order valence-electron chi connectivity index (χ0n) is 13.3. The lowest BCUT2D eigenvalue weighted by Crippen LogP contribution is -2.48. The number of aromatic nitrogens is 3. The van der Waals surface area contributed by atoms with Crippen molar-refractivity contribution in [3.05, 3.63) is 29.2 Å². The van der Waals surface area contributed by atoms with Crippen LogP contribution in [-0.2, 0) is 4.79 Å². The van der Waals surface area contributed by atoms with Gasteiger partial charge in [-0.1, -0.05) is 0 Å². The molecule has 0 bridgehead atoms. The van der Waals surface area contributed by atoms with E-state index >= 15 is 0 Å². The predicted molar refractivity (Wildman–Crippen MR) is 90.9 cm³/mol. The number of nitrogens with zero attached hydrogens (tertiary/aromatic N) is 5. The van der Waals surface area contributed by atoms with E-state index in [1.807, 2.05) is 6.92 Å². The third-order valence-electron chi connectivity index (χ3n) is 3.86. The summed E-state index contributed by atoms with van der Waals surface area (Å²) in [7, 11) is 0. The molecule has 0 unspecified atom stereocenters. The average Bonchev–Trinajstić information content (AvgIpc) is 2.88. The molecule has 2 aromatic rings. The van der Waals surface area contributed by atoms with Gasteiger partial charge in [0.1, 0.15) is 0 Å². The number of anilines is 2. The summed E-state index contributed by atoms with van der Waals surface area (Å²) in [4.78, 5) is 30.3. The Morgan fingerprint density at radius 3 is 2.65 bits per heavy atom. The Morgan fingerprint density at radius 2 is 2.04 bits per heavy atom. The first-order valence-corrected chi connectivity index (χ1v) is 8.40. The summed E-state index contributed by atoms with van der Waals surface area (Å²) < 4.78 is 0. The second-order valence-electron chi connectivity index (χ2n) is 5.54. The SMILES string of the molecule is Cc1nc(N2CCN(CC(=O)Nc3cnccn3)CC2)sc1C. The van der Waals surface area contributed by atoms with E-state index in [9.17, 15) is 4.79 Å². The molecule has 1 fully saturated rings. The van der Waals surface area contributed by atoms with E-state index in [4.69, 9.17) is 0 Å². The van der Waals surface area contributed by atoms with Gasteiger partial charge in [0.25, 0.3) is 0 Å². The highest BCUT2D eigenvalue weighted by Gasteiger charge is 2.21. The van der Waals surface area contributed by atoms with Gasteiger partial charge < -0.3 is 10.2 Å². The molecule has 3 rings (SSSR count). The van der Waals surface area contributed by atoms with Gasteiger partial charge in [0, 0.05) is 43.4 Å². The maximum Gasteiger partial charge on any atom is 0.239 e. The summed E-state index contributed by atoms with van der Waals surface area (Å²) in [5.41, 5.74) is 1.11. The van der Waals surface area contributed by atoms with Gasteiger partial charge >= 0.3 is 0 Å². The molecule has 1 aliphatic heterocycles. The summed E-state index contributed by atoms with van der Waals surface area (Å²) in [6.45, 7) is 8.01. The van der Waals surface area contributed by atoms with Crippen LogP contribution in [0.15, 0.2) is 18.6 Å². The zero-order chi connectivity index (χ0) is 16.2. The fourth-order valence-electron chi connectivity index (χ4n) is 2.44. The quantitative estimate of drug-likeness (QED) is 0.910. The minimum atomic E-state index is -0.0557. The lowest BCUT2D eigenvalue weighted by atomic mass is 10.3. The van der Waals surface area contributed by atoms with Crippen LogP contribution in [0.1, 0.15) is 10.6 Å². The fraction of sp³-hybridized carbons (Fsp3) is 0.467. The van der Waals surface area contributed by atoms with Crippen LogP contribution in [0.3, 0.4) is 0 Å². The Kier molecular flexibility index (Phi) is 4.82. The van der Waals surface area contributed by atoms with Crippen molar-refractivity contribution in [3.63, 3.8) is 0 Å². The van der Waals surface area contributed by atoms with Crippen LogP contribution in [-0.4, -0.2) is 58.5 Å². The normalized spacial score (nSPS) is 15.7. The smallest absolute Gasteiger partial charge is 0.239 e. The molecule has 8 heteroatoms. The largest absolute Gasteiger partial charge is 0.346 e. The van der Waals surface area contributed by atoms with E-state index in [-0.39, 0.29) is 5.91 Å². The van der Waals surface area contributed by atoms with Crippen LogP contribution in [0.4, 0.5) is 10.9 Å². The van der Waals surface area contributed by atoms with Crippen LogP contribution in [0, 0.1) is 13.8 Å². The van der Waals surface area contributed by atoms with E-state index < -0.39 is 0 Å². The Bertz CT molecular complexity index is 646. The number of rotatable bonds is 4. The van der Waals surface area contributed by atoms with Gasteiger partial charge in [-0.05, 0) is 13.8 Å². The summed E-state index contributed by atoms with van der Waals surface area (Å²) in [6.07, 6.45) is 4.69. The molecule has 0 radical (unpaired) electrons. The molecule has 0 aromatic carbocycles. The zero-order valence-corrected chi connectivity index (χ0v) is 14.1. The number of aryl methyl sites for hydroxylation is 2. The Balaban J connectivity index is 1.48. The van der Waals surface area contributed by atoms with E-state index in [1.165, 1.54) is 4.88 Å². The van der Waals surface area contributed by atoms with Crippen molar-refractivity contribution in [1.82, 2.24) is 19.9 Å². The van der Waals surface area contributed by atoms with Crippen molar-refractivity contribution in [2.75, 3.05) is 42.9 Å². The number of carbonyl (C=O) groups is 1. The standard InChI is InChI=1S/C15H20N6OS/c1-11-12(2)23-15(18-11)21-7-5-20(6-8-21)10-14(22)19-13-9-16-3-4-17-13/h3-4,9H,5-8,10H2,1-2H3,(H,17,19,22). The van der Waals surface area contributed by atoms with Gasteiger partial charge in [0.05, 0.1) is 18.4 Å². The molecule has 1 N–H and O–H groups in total. The molecule has 2 aromatic heterocycles. The first-order chi connectivity index (χ1) is 11.1. The maximum atomic E-state index is 12.0. The fourth-order valence-corrected chi connectivity index (χ4v) is 3.40. The third-order valence-corrected chi connectivity index (χ3v) is 4.99. The van der Waals surface area contributed by atoms with Gasteiger partial charge in [-0.15, -0.1) is 11.3 Å². The van der Waals surface area contributed by atoms with Crippen molar-refractivity contribution in [1.29, 1.82) is 0 Å². The summed E-state index contributed by atoms with van der Waals surface area (Å²) in [6, 6.07) is 0. The van der Waals surface area contributed by atoms with Crippen molar-refractivity contribution >= 4 is 28.2 Å². The van der Waals surface area contributed by atoms with E-state index in [1.54, 1.807) is 29.9 Å².